The molecule has 4 rings (SSSR count). The lowest BCUT2D eigenvalue weighted by Gasteiger charge is -2.23. The summed E-state index contributed by atoms with van der Waals surface area (Å²) in [7, 11) is 3.14. The van der Waals surface area contributed by atoms with Crippen molar-refractivity contribution in [2.24, 2.45) is 0 Å². The molecule has 42 heavy (non-hydrogen) atoms. The van der Waals surface area contributed by atoms with Gasteiger partial charge in [-0.1, -0.05) is 61.9 Å². The summed E-state index contributed by atoms with van der Waals surface area (Å²) in [5.41, 5.74) is 4.82. The number of nitrogens with zero attached hydrogens (tertiary/aromatic N) is 4. The Morgan fingerprint density at radius 3 is 2.50 bits per heavy atom. The van der Waals surface area contributed by atoms with Crippen LogP contribution in [0, 0.1) is 0 Å². The SMILES string of the molecule is CCCCOc1nc(NC)c2[nH]c(=O)n(Cc3ccc(CN(CCCO)Cc4cccc(CC(=O)OC)c4)cc3)c2n1. The number of anilines is 1. The highest BCUT2D eigenvalue weighted by Crippen LogP contribution is 2.21. The number of nitrogens with one attached hydrogen (secondary N) is 2. The van der Waals surface area contributed by atoms with E-state index < -0.39 is 0 Å². The third kappa shape index (κ3) is 8.17. The highest BCUT2D eigenvalue weighted by molar-refractivity contribution is 5.83. The number of H-pyrrole nitrogens is 1. The summed E-state index contributed by atoms with van der Waals surface area (Å²) in [6.45, 7) is 5.14. The molecule has 0 radical (unpaired) electrons. The zero-order valence-electron chi connectivity index (χ0n) is 24.6. The number of benzene rings is 2. The summed E-state index contributed by atoms with van der Waals surface area (Å²) in [5, 5.41) is 12.5. The molecule has 11 heteroatoms. The first-order valence-corrected chi connectivity index (χ1v) is 14.3. The molecule has 2 heterocycles. The van der Waals surface area contributed by atoms with Gasteiger partial charge in [0.1, 0.15) is 5.52 Å². The van der Waals surface area contributed by atoms with Gasteiger partial charge in [-0.15, -0.1) is 0 Å². The van der Waals surface area contributed by atoms with Crippen LogP contribution in [0.3, 0.4) is 0 Å². The number of rotatable bonds is 16. The second-order valence-corrected chi connectivity index (χ2v) is 10.2. The Hall–Kier alpha value is -4.22. The van der Waals surface area contributed by atoms with E-state index in [2.05, 4.69) is 44.2 Å². The van der Waals surface area contributed by atoms with Crippen LogP contribution < -0.4 is 15.7 Å². The van der Waals surface area contributed by atoms with Gasteiger partial charge in [-0.05, 0) is 35.1 Å². The van der Waals surface area contributed by atoms with Gasteiger partial charge in [0, 0.05) is 33.3 Å². The van der Waals surface area contributed by atoms with Gasteiger partial charge < -0.3 is 24.9 Å². The molecule has 2 aromatic carbocycles. The van der Waals surface area contributed by atoms with Gasteiger partial charge in [0.15, 0.2) is 11.5 Å². The van der Waals surface area contributed by atoms with Crippen LogP contribution in [0.25, 0.3) is 11.2 Å². The van der Waals surface area contributed by atoms with Crippen molar-refractivity contribution in [2.75, 3.05) is 39.2 Å². The van der Waals surface area contributed by atoms with E-state index in [1.807, 2.05) is 36.4 Å². The molecule has 0 amide bonds. The molecule has 0 aliphatic heterocycles. The van der Waals surface area contributed by atoms with Crippen LogP contribution in [-0.2, 0) is 35.6 Å². The predicted molar refractivity (Wildman–Crippen MR) is 162 cm³/mol. The first-order valence-electron chi connectivity index (χ1n) is 14.3. The van der Waals surface area contributed by atoms with E-state index in [9.17, 15) is 14.7 Å². The number of esters is 1. The van der Waals surface area contributed by atoms with Gasteiger partial charge in [-0.25, -0.2) is 4.79 Å². The first kappa shape index (κ1) is 30.7. The minimum absolute atomic E-state index is 0.112. The van der Waals surface area contributed by atoms with Gasteiger partial charge in [-0.3, -0.25) is 14.3 Å². The van der Waals surface area contributed by atoms with Crippen LogP contribution in [0.2, 0.25) is 0 Å². The van der Waals surface area contributed by atoms with Crippen LogP contribution in [0.4, 0.5) is 5.82 Å². The normalized spacial score (nSPS) is 11.3. The van der Waals surface area contributed by atoms with Crippen LogP contribution in [0.1, 0.15) is 48.4 Å². The van der Waals surface area contributed by atoms with E-state index in [-0.39, 0.29) is 30.7 Å². The third-order valence-corrected chi connectivity index (χ3v) is 6.94. The standard InChI is InChI=1S/C31H40N6O5/c1-4-5-16-42-30-34-28(32-2)27-29(35-30)37(31(40)33-27)21-23-12-10-22(11-13-23)19-36(14-7-15-38)20-25-9-6-8-24(17-25)18-26(39)41-3/h6,8-13,17,38H,4-5,7,14-16,18-21H2,1-3H3,(H,33,40)(H,32,34,35). The molecule has 0 spiro atoms. The lowest BCUT2D eigenvalue weighted by Crippen LogP contribution is -2.25. The van der Waals surface area contributed by atoms with Crippen molar-refractivity contribution in [1.82, 2.24) is 24.4 Å². The van der Waals surface area contributed by atoms with Crippen molar-refractivity contribution in [3.8, 4) is 6.01 Å². The molecule has 0 atom stereocenters. The predicted octanol–water partition coefficient (Wildman–Crippen LogP) is 3.49. The smallest absolute Gasteiger partial charge is 0.328 e. The average Bonchev–Trinajstić information content (AvgIpc) is 3.31. The minimum Gasteiger partial charge on any atom is -0.469 e. The summed E-state index contributed by atoms with van der Waals surface area (Å²) >= 11 is 0. The van der Waals surface area contributed by atoms with E-state index >= 15 is 0 Å². The van der Waals surface area contributed by atoms with Gasteiger partial charge in [0.2, 0.25) is 0 Å². The average molecular weight is 577 g/mol. The number of ether oxygens (including phenoxy) is 2. The number of imidazole rings is 1. The maximum Gasteiger partial charge on any atom is 0.328 e. The molecule has 0 bridgehead atoms. The maximum absolute atomic E-state index is 12.9. The molecule has 4 aromatic rings. The third-order valence-electron chi connectivity index (χ3n) is 6.94. The van der Waals surface area contributed by atoms with Crippen molar-refractivity contribution in [2.45, 2.75) is 52.2 Å². The Morgan fingerprint density at radius 2 is 1.79 bits per heavy atom. The number of unbranched alkanes of at least 4 members (excludes halogenated alkanes) is 1. The van der Waals surface area contributed by atoms with Crippen LogP contribution >= 0.6 is 0 Å². The molecule has 0 aliphatic rings. The number of aliphatic hydroxyl groups is 1. The van der Waals surface area contributed by atoms with E-state index in [4.69, 9.17) is 9.47 Å². The van der Waals surface area contributed by atoms with Gasteiger partial charge in [0.05, 0.1) is 26.7 Å². The van der Waals surface area contributed by atoms with Crippen LogP contribution in [-0.4, -0.2) is 69.4 Å². The highest BCUT2D eigenvalue weighted by Gasteiger charge is 2.16. The van der Waals surface area contributed by atoms with Crippen molar-refractivity contribution in [3.63, 3.8) is 0 Å². The molecule has 0 fully saturated rings. The molecular weight excluding hydrogens is 536 g/mol. The van der Waals surface area contributed by atoms with Crippen molar-refractivity contribution >= 4 is 23.0 Å². The fourth-order valence-electron chi connectivity index (χ4n) is 4.74. The Labute approximate surface area is 245 Å². The topological polar surface area (TPSA) is 135 Å². The molecule has 0 saturated carbocycles. The second kappa shape index (κ2) is 15.1. The Kier molecular flexibility index (Phi) is 11.1. The number of fused-ring (bicyclic) bond motifs is 1. The largest absolute Gasteiger partial charge is 0.469 e. The number of carbonyl (C=O) groups excluding carboxylic acids is 1. The minimum atomic E-state index is -0.269. The summed E-state index contributed by atoms with van der Waals surface area (Å²) in [5.74, 6) is 0.242. The number of aliphatic hydroxyl groups excluding tert-OH is 1. The summed E-state index contributed by atoms with van der Waals surface area (Å²) in [4.78, 5) is 38.7. The summed E-state index contributed by atoms with van der Waals surface area (Å²) in [6.07, 6.45) is 2.78. The first-order chi connectivity index (χ1) is 20.4. The Bertz CT molecular complexity index is 1510. The van der Waals surface area contributed by atoms with Gasteiger partial charge >= 0.3 is 17.7 Å². The number of aromatic nitrogens is 4. The maximum atomic E-state index is 12.9. The summed E-state index contributed by atoms with van der Waals surface area (Å²) < 4.78 is 12.1. The fraction of sp³-hybridized carbons (Fsp3) is 0.419. The van der Waals surface area contributed by atoms with Crippen molar-refractivity contribution in [3.05, 3.63) is 81.3 Å². The molecule has 0 saturated heterocycles. The Balaban J connectivity index is 1.48. The van der Waals surface area contributed by atoms with Crippen molar-refractivity contribution in [1.29, 1.82) is 0 Å². The number of aromatic amines is 1. The van der Waals surface area contributed by atoms with E-state index in [1.54, 1.807) is 11.6 Å². The van der Waals surface area contributed by atoms with Gasteiger partial charge in [0.25, 0.3) is 0 Å². The second-order valence-electron chi connectivity index (χ2n) is 10.2. The molecule has 0 aliphatic carbocycles. The van der Waals surface area contributed by atoms with E-state index in [1.165, 1.54) is 7.11 Å². The number of hydrogen-bond acceptors (Lipinski definition) is 9. The summed E-state index contributed by atoms with van der Waals surface area (Å²) in [6, 6.07) is 16.3. The fourth-order valence-corrected chi connectivity index (χ4v) is 4.74. The number of carbonyl (C=O) groups is 1. The monoisotopic (exact) mass is 576 g/mol. The lowest BCUT2D eigenvalue weighted by molar-refractivity contribution is -0.139. The lowest BCUT2D eigenvalue weighted by atomic mass is 10.1. The zero-order valence-corrected chi connectivity index (χ0v) is 24.6. The Morgan fingerprint density at radius 1 is 1.05 bits per heavy atom. The highest BCUT2D eigenvalue weighted by atomic mass is 16.5. The molecule has 11 nitrogen and oxygen atoms in total. The molecule has 0 unspecified atom stereocenters. The molecular formula is C31H40N6O5. The van der Waals surface area contributed by atoms with E-state index in [0.717, 1.165) is 41.6 Å². The van der Waals surface area contributed by atoms with Crippen molar-refractivity contribution < 1.29 is 19.4 Å². The van der Waals surface area contributed by atoms with E-state index in [0.29, 0.717) is 49.6 Å². The molecule has 2 aromatic heterocycles. The molecule has 224 valence electrons. The zero-order chi connectivity index (χ0) is 29.9. The molecule has 3 N–H and O–H groups in total. The van der Waals surface area contributed by atoms with Crippen LogP contribution in [0.5, 0.6) is 6.01 Å². The quantitative estimate of drug-likeness (QED) is 0.135. The number of hydrogen-bond donors (Lipinski definition) is 3. The van der Waals surface area contributed by atoms with Crippen LogP contribution in [0.15, 0.2) is 53.3 Å². The van der Waals surface area contributed by atoms with Gasteiger partial charge in [-0.2, -0.15) is 9.97 Å². The number of methoxy groups -OCH3 is 1.